The highest BCUT2D eigenvalue weighted by Crippen LogP contribution is 2.32. The van der Waals surface area contributed by atoms with Crippen LogP contribution in [0.2, 0.25) is 0 Å². The van der Waals surface area contributed by atoms with Crippen molar-refractivity contribution in [1.29, 1.82) is 0 Å². The topological polar surface area (TPSA) is 70.6 Å². The highest BCUT2D eigenvalue weighted by Gasteiger charge is 2.24. The molecule has 1 amide bonds. The molecule has 1 aromatic rings. The third-order valence-corrected chi connectivity index (χ3v) is 3.86. The normalized spacial score (nSPS) is 20.4. The molecule has 0 radical (unpaired) electrons. The minimum absolute atomic E-state index is 0.136. The first-order chi connectivity index (χ1) is 9.47. The number of anilines is 2. The Morgan fingerprint density at radius 3 is 2.90 bits per heavy atom. The zero-order chi connectivity index (χ0) is 14.8. The number of benzene rings is 1. The van der Waals surface area contributed by atoms with E-state index in [0.717, 1.165) is 12.1 Å². The number of hydrogen-bond acceptors (Lipinski definition) is 4. The molecule has 1 heterocycles. The first-order valence-electron chi connectivity index (χ1n) is 6.94. The molecule has 0 aliphatic carbocycles. The summed E-state index contributed by atoms with van der Waals surface area (Å²) in [4.78, 5) is 11.6. The van der Waals surface area contributed by atoms with Crippen LogP contribution < -0.4 is 15.4 Å². The largest absolute Gasteiger partial charge is 0.479 e. The fraction of sp³-hybridized carbons (Fsp3) is 0.533. The zero-order valence-electron chi connectivity index (χ0n) is 12.2. The maximum Gasteiger partial charge on any atom is 0.265 e. The summed E-state index contributed by atoms with van der Waals surface area (Å²) in [5.41, 5.74) is 1.43. The number of amides is 1. The van der Waals surface area contributed by atoms with Crippen molar-refractivity contribution in [2.45, 2.75) is 33.3 Å². The average Bonchev–Trinajstić information content (AvgIpc) is 2.46. The van der Waals surface area contributed by atoms with Gasteiger partial charge in [-0.2, -0.15) is 0 Å². The molecule has 2 atom stereocenters. The van der Waals surface area contributed by atoms with E-state index >= 15 is 0 Å². The Kier molecular flexibility index (Phi) is 4.18. The molecule has 0 spiro atoms. The van der Waals surface area contributed by atoms with Gasteiger partial charge >= 0.3 is 0 Å². The number of aliphatic hydroxyl groups is 1. The SMILES string of the molecule is CCC(C)(CO)CNc1ccc2c(c1)NC(=O)C(C)O2. The van der Waals surface area contributed by atoms with Gasteiger partial charge in [-0.05, 0) is 31.5 Å². The van der Waals surface area contributed by atoms with Crippen molar-refractivity contribution in [3.63, 3.8) is 0 Å². The van der Waals surface area contributed by atoms with Crippen molar-refractivity contribution in [3.8, 4) is 5.75 Å². The van der Waals surface area contributed by atoms with Gasteiger partial charge in [-0.15, -0.1) is 0 Å². The van der Waals surface area contributed by atoms with Gasteiger partial charge in [0.25, 0.3) is 5.91 Å². The van der Waals surface area contributed by atoms with E-state index in [1.54, 1.807) is 6.92 Å². The van der Waals surface area contributed by atoms with Crippen LogP contribution in [0, 0.1) is 5.41 Å². The van der Waals surface area contributed by atoms with Gasteiger partial charge in [-0.1, -0.05) is 13.8 Å². The first-order valence-corrected chi connectivity index (χ1v) is 6.94. The molecule has 20 heavy (non-hydrogen) atoms. The molecule has 110 valence electrons. The highest BCUT2D eigenvalue weighted by atomic mass is 16.5. The van der Waals surface area contributed by atoms with E-state index < -0.39 is 6.10 Å². The summed E-state index contributed by atoms with van der Waals surface area (Å²) in [6.07, 6.45) is 0.429. The van der Waals surface area contributed by atoms with E-state index in [9.17, 15) is 9.90 Å². The Labute approximate surface area is 119 Å². The Morgan fingerprint density at radius 1 is 1.50 bits per heavy atom. The molecular formula is C15H22N2O3. The second-order valence-corrected chi connectivity index (χ2v) is 5.64. The number of ether oxygens (including phenoxy) is 1. The van der Waals surface area contributed by atoms with E-state index in [4.69, 9.17) is 4.74 Å². The summed E-state index contributed by atoms with van der Waals surface area (Å²) in [6, 6.07) is 5.61. The highest BCUT2D eigenvalue weighted by molar-refractivity contribution is 5.98. The second kappa shape index (κ2) is 5.71. The molecule has 0 saturated heterocycles. The van der Waals surface area contributed by atoms with E-state index in [1.165, 1.54) is 0 Å². The molecule has 3 N–H and O–H groups in total. The molecule has 1 aliphatic heterocycles. The molecule has 2 unspecified atom stereocenters. The minimum Gasteiger partial charge on any atom is -0.479 e. The predicted molar refractivity (Wildman–Crippen MR) is 79.1 cm³/mol. The smallest absolute Gasteiger partial charge is 0.265 e. The number of fused-ring (bicyclic) bond motifs is 1. The molecule has 0 fully saturated rings. The molecule has 5 heteroatoms. The third-order valence-electron chi connectivity index (χ3n) is 3.86. The van der Waals surface area contributed by atoms with E-state index in [0.29, 0.717) is 18.0 Å². The van der Waals surface area contributed by atoms with E-state index in [2.05, 4.69) is 17.6 Å². The van der Waals surface area contributed by atoms with Gasteiger partial charge in [0.05, 0.1) is 12.3 Å². The molecule has 5 nitrogen and oxygen atoms in total. The van der Waals surface area contributed by atoms with Crippen molar-refractivity contribution in [2.24, 2.45) is 5.41 Å². The maximum absolute atomic E-state index is 11.6. The maximum atomic E-state index is 11.6. The lowest BCUT2D eigenvalue weighted by Crippen LogP contribution is -2.34. The van der Waals surface area contributed by atoms with Crippen LogP contribution in [0.25, 0.3) is 0 Å². The van der Waals surface area contributed by atoms with Gasteiger partial charge in [-0.25, -0.2) is 0 Å². The lowest BCUT2D eigenvalue weighted by atomic mass is 9.88. The van der Waals surface area contributed by atoms with Crippen molar-refractivity contribution < 1.29 is 14.6 Å². The van der Waals surface area contributed by atoms with Crippen molar-refractivity contribution in [2.75, 3.05) is 23.8 Å². The quantitative estimate of drug-likeness (QED) is 0.772. The van der Waals surface area contributed by atoms with Crippen LogP contribution in [0.1, 0.15) is 27.2 Å². The van der Waals surface area contributed by atoms with Crippen LogP contribution >= 0.6 is 0 Å². The second-order valence-electron chi connectivity index (χ2n) is 5.64. The molecule has 1 aromatic carbocycles. The lowest BCUT2D eigenvalue weighted by molar-refractivity contribution is -0.122. The summed E-state index contributed by atoms with van der Waals surface area (Å²) in [6.45, 7) is 6.62. The number of carbonyl (C=O) groups excluding carboxylic acids is 1. The van der Waals surface area contributed by atoms with Gasteiger partial charge in [0.15, 0.2) is 6.10 Å². The number of aliphatic hydroxyl groups excluding tert-OH is 1. The van der Waals surface area contributed by atoms with Crippen LogP contribution in [-0.4, -0.2) is 30.3 Å². The van der Waals surface area contributed by atoms with Crippen LogP contribution in [0.3, 0.4) is 0 Å². The van der Waals surface area contributed by atoms with Gasteiger partial charge in [0.1, 0.15) is 5.75 Å². The number of nitrogens with one attached hydrogen (secondary N) is 2. The summed E-state index contributed by atoms with van der Waals surface area (Å²) < 4.78 is 5.51. The average molecular weight is 278 g/mol. The number of carbonyl (C=O) groups is 1. The van der Waals surface area contributed by atoms with Crippen molar-refractivity contribution in [3.05, 3.63) is 18.2 Å². The zero-order valence-corrected chi connectivity index (χ0v) is 12.2. The minimum atomic E-state index is -0.459. The van der Waals surface area contributed by atoms with Gasteiger partial charge < -0.3 is 20.5 Å². The molecule has 1 aliphatic rings. The molecule has 0 bridgehead atoms. The van der Waals surface area contributed by atoms with Crippen LogP contribution in [-0.2, 0) is 4.79 Å². The number of rotatable bonds is 5. The van der Waals surface area contributed by atoms with Gasteiger partial charge in [-0.3, -0.25) is 4.79 Å². The van der Waals surface area contributed by atoms with Gasteiger partial charge in [0, 0.05) is 17.6 Å². The monoisotopic (exact) mass is 278 g/mol. The van der Waals surface area contributed by atoms with Crippen LogP contribution in [0.4, 0.5) is 11.4 Å². The summed E-state index contributed by atoms with van der Waals surface area (Å²) in [5, 5.41) is 15.5. The summed E-state index contributed by atoms with van der Waals surface area (Å²) in [5.74, 6) is 0.548. The first kappa shape index (κ1) is 14.7. The lowest BCUT2D eigenvalue weighted by Gasteiger charge is -2.27. The van der Waals surface area contributed by atoms with Crippen LogP contribution in [0.5, 0.6) is 5.75 Å². The van der Waals surface area contributed by atoms with Crippen molar-refractivity contribution >= 4 is 17.3 Å². The molecule has 2 rings (SSSR count). The Bertz CT molecular complexity index is 498. The summed E-state index contributed by atoms with van der Waals surface area (Å²) >= 11 is 0. The van der Waals surface area contributed by atoms with Gasteiger partial charge in [0.2, 0.25) is 0 Å². The third kappa shape index (κ3) is 3.04. The predicted octanol–water partition coefficient (Wildman–Crippen LogP) is 2.23. The fourth-order valence-corrected chi connectivity index (χ4v) is 1.93. The Morgan fingerprint density at radius 2 is 2.25 bits per heavy atom. The standard InChI is InChI=1S/C15H22N2O3/c1-4-15(3,9-18)8-16-11-5-6-13-12(7-11)17-14(19)10(2)20-13/h5-7,10,16,18H,4,8-9H2,1-3H3,(H,17,19). The van der Waals surface area contributed by atoms with Crippen LogP contribution in [0.15, 0.2) is 18.2 Å². The molecule has 0 saturated carbocycles. The fourth-order valence-electron chi connectivity index (χ4n) is 1.93. The molecule has 0 aromatic heterocycles. The number of hydrogen-bond donors (Lipinski definition) is 3. The van der Waals surface area contributed by atoms with Crippen molar-refractivity contribution in [1.82, 2.24) is 0 Å². The Hall–Kier alpha value is -1.75. The van der Waals surface area contributed by atoms with E-state index in [-0.39, 0.29) is 17.9 Å². The summed E-state index contributed by atoms with van der Waals surface area (Å²) in [7, 11) is 0. The molecular weight excluding hydrogens is 256 g/mol. The van der Waals surface area contributed by atoms with E-state index in [1.807, 2.05) is 25.1 Å². The Balaban J connectivity index is 2.08.